The van der Waals surface area contributed by atoms with Gasteiger partial charge in [0, 0.05) is 20.0 Å². The minimum absolute atomic E-state index is 0.142. The Kier molecular flexibility index (Phi) is 4.24. The van der Waals surface area contributed by atoms with Gasteiger partial charge in [0.15, 0.2) is 6.10 Å². The smallest absolute Gasteiger partial charge is 0.267 e. The fraction of sp³-hybridized carbons (Fsp3) is 0.429. The molecule has 6 heteroatoms. The van der Waals surface area contributed by atoms with Crippen LogP contribution >= 0.6 is 0 Å². The Bertz CT molecular complexity index is 518. The summed E-state index contributed by atoms with van der Waals surface area (Å²) < 4.78 is 5.54. The number of anilines is 1. The van der Waals surface area contributed by atoms with Gasteiger partial charge < -0.3 is 9.64 Å². The Labute approximate surface area is 117 Å². The lowest BCUT2D eigenvalue weighted by Crippen LogP contribution is -2.45. The van der Waals surface area contributed by atoms with E-state index in [1.165, 1.54) is 7.11 Å². The summed E-state index contributed by atoms with van der Waals surface area (Å²) in [4.78, 5) is 30.3. The molecule has 0 aromatic heterocycles. The van der Waals surface area contributed by atoms with Gasteiger partial charge in [0.2, 0.25) is 5.91 Å². The fourth-order valence-corrected chi connectivity index (χ4v) is 2.06. The largest absolute Gasteiger partial charge is 0.479 e. The van der Waals surface area contributed by atoms with Gasteiger partial charge in [0.25, 0.3) is 5.91 Å². The molecule has 1 atom stereocenters. The zero-order valence-electron chi connectivity index (χ0n) is 11.8. The highest BCUT2D eigenvalue weighted by Gasteiger charge is 2.31. The third-order valence-corrected chi connectivity index (χ3v) is 3.25. The number of benzene rings is 1. The van der Waals surface area contributed by atoms with Crippen LogP contribution in [0.2, 0.25) is 0 Å². The van der Waals surface area contributed by atoms with E-state index >= 15 is 0 Å². The first-order valence-electron chi connectivity index (χ1n) is 6.42. The van der Waals surface area contributed by atoms with Crippen molar-refractivity contribution in [1.29, 1.82) is 0 Å². The van der Waals surface area contributed by atoms with Crippen LogP contribution in [0.4, 0.5) is 5.69 Å². The molecule has 0 spiro atoms. The Morgan fingerprint density at radius 2 is 2.15 bits per heavy atom. The van der Waals surface area contributed by atoms with Crippen LogP contribution in [0.3, 0.4) is 0 Å². The second-order valence-corrected chi connectivity index (χ2v) is 4.54. The van der Waals surface area contributed by atoms with Crippen LogP contribution in [0.1, 0.15) is 13.3 Å². The maximum Gasteiger partial charge on any atom is 0.267 e. The van der Waals surface area contributed by atoms with Crippen LogP contribution in [-0.2, 0) is 14.4 Å². The summed E-state index contributed by atoms with van der Waals surface area (Å²) in [7, 11) is 2.97. The van der Waals surface area contributed by atoms with Crippen LogP contribution in [0.5, 0.6) is 5.75 Å². The maximum atomic E-state index is 12.2. The zero-order valence-corrected chi connectivity index (χ0v) is 11.8. The van der Waals surface area contributed by atoms with E-state index in [0.29, 0.717) is 18.0 Å². The van der Waals surface area contributed by atoms with Gasteiger partial charge in [0.1, 0.15) is 5.75 Å². The SMILES string of the molecule is CON(C)C(=O)CCN1C(=O)[C@@H](C)Oc2ccccc21. The third-order valence-electron chi connectivity index (χ3n) is 3.25. The van der Waals surface area contributed by atoms with E-state index in [-0.39, 0.29) is 18.2 Å². The molecular formula is C14H18N2O4. The molecule has 1 aliphatic rings. The number of hydrogen-bond donors (Lipinski definition) is 0. The molecule has 2 rings (SSSR count). The molecule has 20 heavy (non-hydrogen) atoms. The van der Waals surface area contributed by atoms with Gasteiger partial charge in [-0.25, -0.2) is 5.06 Å². The molecule has 0 bridgehead atoms. The molecule has 6 nitrogen and oxygen atoms in total. The Morgan fingerprint density at radius 1 is 1.45 bits per heavy atom. The first-order valence-corrected chi connectivity index (χ1v) is 6.42. The predicted molar refractivity (Wildman–Crippen MR) is 73.3 cm³/mol. The van der Waals surface area contributed by atoms with E-state index in [9.17, 15) is 9.59 Å². The van der Waals surface area contributed by atoms with Gasteiger partial charge in [-0.3, -0.25) is 14.4 Å². The molecule has 1 aromatic carbocycles. The van der Waals surface area contributed by atoms with Crippen molar-refractivity contribution in [2.45, 2.75) is 19.4 Å². The Hall–Kier alpha value is -2.08. The molecule has 0 aliphatic carbocycles. The molecule has 1 heterocycles. The average molecular weight is 278 g/mol. The minimum atomic E-state index is -0.542. The first-order chi connectivity index (χ1) is 9.54. The van der Waals surface area contributed by atoms with Crippen molar-refractivity contribution in [3.8, 4) is 5.75 Å². The van der Waals surface area contributed by atoms with Gasteiger partial charge in [-0.05, 0) is 19.1 Å². The average Bonchev–Trinajstić information content (AvgIpc) is 2.46. The third kappa shape index (κ3) is 2.75. The quantitative estimate of drug-likeness (QED) is 0.777. The maximum absolute atomic E-state index is 12.2. The van der Waals surface area contributed by atoms with E-state index in [2.05, 4.69) is 0 Å². The molecule has 1 aromatic rings. The van der Waals surface area contributed by atoms with Gasteiger partial charge >= 0.3 is 0 Å². The number of fused-ring (bicyclic) bond motifs is 1. The minimum Gasteiger partial charge on any atom is -0.479 e. The number of hydroxylamine groups is 2. The lowest BCUT2D eigenvalue weighted by atomic mass is 10.1. The van der Waals surface area contributed by atoms with Crippen LogP contribution in [0, 0.1) is 0 Å². The number of ether oxygens (including phenoxy) is 1. The first kappa shape index (κ1) is 14.3. The Morgan fingerprint density at radius 3 is 2.85 bits per heavy atom. The van der Waals surface area contributed by atoms with E-state index in [1.807, 2.05) is 24.3 Å². The van der Waals surface area contributed by atoms with Crippen molar-refractivity contribution in [1.82, 2.24) is 5.06 Å². The molecule has 2 amide bonds. The number of carbonyl (C=O) groups is 2. The second-order valence-electron chi connectivity index (χ2n) is 4.54. The highest BCUT2D eigenvalue weighted by molar-refractivity contribution is 6.00. The standard InChI is InChI=1S/C14H18N2O4/c1-10-14(18)16(9-8-13(17)15(2)19-3)11-6-4-5-7-12(11)20-10/h4-7,10H,8-9H2,1-3H3/t10-/m1/s1. The number of hydrogen-bond acceptors (Lipinski definition) is 4. The lowest BCUT2D eigenvalue weighted by molar-refractivity contribution is -0.168. The highest BCUT2D eigenvalue weighted by atomic mass is 16.7. The summed E-state index contributed by atoms with van der Waals surface area (Å²) >= 11 is 0. The van der Waals surface area contributed by atoms with E-state index in [0.717, 1.165) is 5.06 Å². The monoisotopic (exact) mass is 278 g/mol. The molecule has 0 saturated carbocycles. The number of nitrogens with zero attached hydrogens (tertiary/aromatic N) is 2. The van der Waals surface area contributed by atoms with Gasteiger partial charge in [-0.1, -0.05) is 12.1 Å². The normalized spacial score (nSPS) is 17.4. The molecule has 0 saturated heterocycles. The van der Waals surface area contributed by atoms with Crippen LogP contribution in [-0.4, -0.2) is 43.7 Å². The summed E-state index contributed by atoms with van der Waals surface area (Å²) in [5, 5.41) is 1.15. The molecular weight excluding hydrogens is 260 g/mol. The van der Waals surface area contributed by atoms with E-state index < -0.39 is 6.10 Å². The molecule has 0 N–H and O–H groups in total. The Balaban J connectivity index is 2.14. The number of carbonyl (C=O) groups excluding carboxylic acids is 2. The second kappa shape index (κ2) is 5.92. The van der Waals surface area contributed by atoms with Crippen LogP contribution < -0.4 is 9.64 Å². The van der Waals surface area contributed by atoms with Crippen molar-refractivity contribution in [3.05, 3.63) is 24.3 Å². The molecule has 0 radical (unpaired) electrons. The topological polar surface area (TPSA) is 59.1 Å². The number of rotatable bonds is 4. The van der Waals surface area contributed by atoms with Crippen molar-refractivity contribution in [3.63, 3.8) is 0 Å². The molecule has 0 fully saturated rings. The molecule has 1 aliphatic heterocycles. The summed E-state index contributed by atoms with van der Waals surface area (Å²) in [6.45, 7) is 2.00. The lowest BCUT2D eigenvalue weighted by Gasteiger charge is -2.33. The van der Waals surface area contributed by atoms with Gasteiger partial charge in [0.05, 0.1) is 12.8 Å². The number of amides is 2. The van der Waals surface area contributed by atoms with Crippen molar-refractivity contribution < 1.29 is 19.2 Å². The summed E-state index contributed by atoms with van der Waals surface area (Å²) in [5.74, 6) is 0.334. The van der Waals surface area contributed by atoms with Gasteiger partial charge in [-0.2, -0.15) is 0 Å². The number of para-hydroxylation sites is 2. The molecule has 0 unspecified atom stereocenters. The van der Waals surface area contributed by atoms with Crippen molar-refractivity contribution in [2.75, 3.05) is 25.6 Å². The zero-order chi connectivity index (χ0) is 14.7. The van der Waals surface area contributed by atoms with Crippen LogP contribution in [0.25, 0.3) is 0 Å². The van der Waals surface area contributed by atoms with E-state index in [1.54, 1.807) is 18.9 Å². The van der Waals surface area contributed by atoms with E-state index in [4.69, 9.17) is 9.57 Å². The summed E-state index contributed by atoms with van der Waals surface area (Å²) in [6.07, 6.45) is -0.350. The van der Waals surface area contributed by atoms with Crippen molar-refractivity contribution >= 4 is 17.5 Å². The fourth-order valence-electron chi connectivity index (χ4n) is 2.06. The van der Waals surface area contributed by atoms with Crippen molar-refractivity contribution in [2.24, 2.45) is 0 Å². The molecule has 108 valence electrons. The van der Waals surface area contributed by atoms with Gasteiger partial charge in [-0.15, -0.1) is 0 Å². The predicted octanol–water partition coefficient (Wildman–Crippen LogP) is 1.21. The van der Waals surface area contributed by atoms with Crippen LogP contribution in [0.15, 0.2) is 24.3 Å². The summed E-state index contributed by atoms with van der Waals surface area (Å²) in [5.41, 5.74) is 0.698. The highest BCUT2D eigenvalue weighted by Crippen LogP contribution is 2.33. The summed E-state index contributed by atoms with van der Waals surface area (Å²) in [6, 6.07) is 7.31.